The molecule has 1 aliphatic heterocycles. The van der Waals surface area contributed by atoms with Crippen molar-refractivity contribution in [3.63, 3.8) is 0 Å². The molecule has 1 aromatic carbocycles. The number of aliphatic hydroxyl groups is 1. The van der Waals surface area contributed by atoms with Gasteiger partial charge in [0, 0.05) is 12.4 Å². The summed E-state index contributed by atoms with van der Waals surface area (Å²) in [5.74, 6) is 0.656. The van der Waals surface area contributed by atoms with Crippen LogP contribution in [0.2, 0.25) is 0 Å². The van der Waals surface area contributed by atoms with Crippen molar-refractivity contribution in [3.05, 3.63) is 65.9 Å². The van der Waals surface area contributed by atoms with E-state index < -0.39 is 0 Å². The molecule has 0 saturated heterocycles. The second kappa shape index (κ2) is 5.62. The number of hydrogen-bond donors (Lipinski definition) is 3. The van der Waals surface area contributed by atoms with E-state index >= 15 is 0 Å². The molecule has 118 valence electrons. The van der Waals surface area contributed by atoms with Crippen molar-refractivity contribution in [1.29, 1.82) is 5.41 Å². The second-order valence-corrected chi connectivity index (χ2v) is 5.36. The largest absolute Gasteiger partial charge is 0.509 e. The lowest BCUT2D eigenvalue weighted by molar-refractivity contribution is 0.358. The third-order valence-corrected chi connectivity index (χ3v) is 3.76. The summed E-state index contributed by atoms with van der Waals surface area (Å²) in [5.41, 5.74) is 2.89. The lowest BCUT2D eigenvalue weighted by Gasteiger charge is -2.10. The molecule has 0 spiro atoms. The van der Waals surface area contributed by atoms with Gasteiger partial charge in [-0.1, -0.05) is 12.1 Å². The Morgan fingerprint density at radius 1 is 1.21 bits per heavy atom. The van der Waals surface area contributed by atoms with Crippen molar-refractivity contribution in [1.82, 2.24) is 20.0 Å². The normalized spacial score (nSPS) is 15.2. The maximum atomic E-state index is 10.3. The smallest absolute Gasteiger partial charge is 0.156 e. The van der Waals surface area contributed by atoms with E-state index in [0.717, 1.165) is 16.6 Å². The minimum Gasteiger partial charge on any atom is -0.509 e. The van der Waals surface area contributed by atoms with Gasteiger partial charge in [-0.15, -0.1) is 0 Å². The average Bonchev–Trinajstić information content (AvgIpc) is 3.14. The van der Waals surface area contributed by atoms with Crippen LogP contribution in [-0.2, 0) is 0 Å². The van der Waals surface area contributed by atoms with E-state index in [9.17, 15) is 5.11 Å². The number of H-pyrrole nitrogens is 1. The fraction of sp³-hybridized carbons (Fsp3) is 0.0588. The summed E-state index contributed by atoms with van der Waals surface area (Å²) in [6.07, 6.45) is 4.98. The molecule has 4 rings (SSSR count). The molecular weight excluding hydrogens is 304 g/mol. The Morgan fingerprint density at radius 3 is 2.79 bits per heavy atom. The summed E-state index contributed by atoms with van der Waals surface area (Å²) in [6, 6.07) is 11.2. The predicted molar refractivity (Wildman–Crippen MR) is 91.9 cm³/mol. The first kappa shape index (κ1) is 14.1. The van der Waals surface area contributed by atoms with Crippen LogP contribution in [0.4, 0.5) is 0 Å². The third-order valence-electron chi connectivity index (χ3n) is 3.76. The number of pyridine rings is 1. The molecule has 0 fully saturated rings. The molecule has 0 saturated carbocycles. The Labute approximate surface area is 137 Å². The highest BCUT2D eigenvalue weighted by Gasteiger charge is 2.30. The van der Waals surface area contributed by atoms with Crippen LogP contribution >= 0.6 is 0 Å². The van der Waals surface area contributed by atoms with E-state index in [1.165, 1.54) is 5.01 Å². The summed E-state index contributed by atoms with van der Waals surface area (Å²) >= 11 is 0. The molecule has 0 bridgehead atoms. The Balaban J connectivity index is 1.62. The molecule has 1 aliphatic rings. The maximum Gasteiger partial charge on any atom is 0.156 e. The molecule has 0 radical (unpaired) electrons. The Hall–Kier alpha value is -3.48. The Bertz CT molecular complexity index is 940. The zero-order valence-corrected chi connectivity index (χ0v) is 12.6. The number of aromatic nitrogens is 3. The highest BCUT2D eigenvalue weighted by atomic mass is 16.3. The first-order valence-electron chi connectivity index (χ1n) is 7.40. The Morgan fingerprint density at radius 2 is 2.00 bits per heavy atom. The average molecular weight is 318 g/mol. The number of para-hydroxylation sites is 2. The van der Waals surface area contributed by atoms with Crippen molar-refractivity contribution in [2.75, 3.05) is 6.54 Å². The van der Waals surface area contributed by atoms with Gasteiger partial charge in [-0.3, -0.25) is 10.4 Å². The van der Waals surface area contributed by atoms with Crippen LogP contribution < -0.4 is 0 Å². The minimum absolute atomic E-state index is 0.0749. The quantitative estimate of drug-likeness (QED) is 0.646. The number of hydrazone groups is 1. The lowest BCUT2D eigenvalue weighted by atomic mass is 10.2. The van der Waals surface area contributed by atoms with Crippen LogP contribution in [0.3, 0.4) is 0 Å². The molecule has 0 unspecified atom stereocenters. The van der Waals surface area contributed by atoms with Crippen LogP contribution in [0.5, 0.6) is 0 Å². The van der Waals surface area contributed by atoms with Crippen molar-refractivity contribution < 1.29 is 5.11 Å². The zero-order valence-electron chi connectivity index (χ0n) is 12.6. The summed E-state index contributed by atoms with van der Waals surface area (Å²) in [6.45, 7) is 0.146. The van der Waals surface area contributed by atoms with E-state index in [1.54, 1.807) is 18.6 Å². The number of benzene rings is 1. The highest BCUT2D eigenvalue weighted by Crippen LogP contribution is 2.27. The van der Waals surface area contributed by atoms with E-state index in [1.807, 2.05) is 36.4 Å². The number of aliphatic hydroxyl groups excluding tert-OH is 1. The highest BCUT2D eigenvalue weighted by molar-refractivity contribution is 6.23. The van der Waals surface area contributed by atoms with Crippen LogP contribution in [0.25, 0.3) is 16.6 Å². The molecular formula is C17H14N6O. The fourth-order valence-electron chi connectivity index (χ4n) is 2.57. The summed E-state index contributed by atoms with van der Waals surface area (Å²) in [5, 5.41) is 24.2. The minimum atomic E-state index is 0.0749. The number of rotatable bonds is 3. The molecule has 0 aliphatic carbocycles. The molecule has 3 N–H and O–H groups in total. The van der Waals surface area contributed by atoms with Crippen LogP contribution in [0.15, 0.2) is 59.7 Å². The van der Waals surface area contributed by atoms with E-state index in [2.05, 4.69) is 20.1 Å². The maximum absolute atomic E-state index is 10.3. The fourth-order valence-corrected chi connectivity index (χ4v) is 2.57. The molecule has 7 nitrogen and oxygen atoms in total. The molecule has 2 aromatic heterocycles. The topological polar surface area (TPSA) is 101 Å². The molecule has 24 heavy (non-hydrogen) atoms. The first-order chi connectivity index (χ1) is 11.7. The number of aromatic amines is 1. The van der Waals surface area contributed by atoms with Gasteiger partial charge in [-0.25, -0.2) is 9.99 Å². The molecule has 3 aromatic rings. The number of nitrogens with one attached hydrogen (secondary N) is 2. The van der Waals surface area contributed by atoms with Crippen molar-refractivity contribution >= 4 is 28.7 Å². The predicted octanol–water partition coefficient (Wildman–Crippen LogP) is 2.55. The van der Waals surface area contributed by atoms with Gasteiger partial charge in [0.1, 0.15) is 23.7 Å². The van der Waals surface area contributed by atoms with E-state index in [0.29, 0.717) is 11.4 Å². The van der Waals surface area contributed by atoms with E-state index in [4.69, 9.17) is 5.41 Å². The molecule has 7 heteroatoms. The van der Waals surface area contributed by atoms with Gasteiger partial charge < -0.3 is 10.1 Å². The van der Waals surface area contributed by atoms with Crippen molar-refractivity contribution in [3.8, 4) is 0 Å². The molecule has 0 amide bonds. The molecule has 0 atom stereocenters. The van der Waals surface area contributed by atoms with Crippen molar-refractivity contribution in [2.24, 2.45) is 5.10 Å². The van der Waals surface area contributed by atoms with Gasteiger partial charge in [0.2, 0.25) is 0 Å². The van der Waals surface area contributed by atoms with Gasteiger partial charge in [-0.2, -0.15) is 5.10 Å². The SMILES string of the molecule is N=C1C(c2nc3ccccc3[nH]2)=C(O)CN1/N=C\c1ccncc1. The number of imidazole rings is 1. The van der Waals surface area contributed by atoms with Gasteiger partial charge >= 0.3 is 0 Å². The third kappa shape index (κ3) is 2.41. The zero-order chi connectivity index (χ0) is 16.5. The van der Waals surface area contributed by atoms with Crippen LogP contribution in [0, 0.1) is 5.41 Å². The second-order valence-electron chi connectivity index (χ2n) is 5.36. The number of nitrogens with zero attached hydrogens (tertiary/aromatic N) is 4. The molecule has 3 heterocycles. The number of fused-ring (bicyclic) bond motifs is 1. The lowest BCUT2D eigenvalue weighted by Crippen LogP contribution is -2.20. The van der Waals surface area contributed by atoms with Crippen molar-refractivity contribution in [2.45, 2.75) is 0 Å². The van der Waals surface area contributed by atoms with Crippen LogP contribution in [-0.4, -0.2) is 43.7 Å². The number of hydrogen-bond acceptors (Lipinski definition) is 5. The van der Waals surface area contributed by atoms with Gasteiger partial charge in [-0.05, 0) is 29.8 Å². The summed E-state index contributed by atoms with van der Waals surface area (Å²) < 4.78 is 0. The standard InChI is InChI=1S/C17H14N6O/c18-16-15(17-21-12-3-1-2-4-13(12)22-17)14(24)10-23(16)20-9-11-5-7-19-8-6-11/h1-9,18,24H,10H2,(H,21,22)/b18-16?,20-9-. The Kier molecular flexibility index (Phi) is 3.31. The van der Waals surface area contributed by atoms with Gasteiger partial charge in [0.15, 0.2) is 5.84 Å². The van der Waals surface area contributed by atoms with Gasteiger partial charge in [0.05, 0.1) is 17.2 Å². The monoisotopic (exact) mass is 318 g/mol. The van der Waals surface area contributed by atoms with E-state index in [-0.39, 0.29) is 18.1 Å². The summed E-state index contributed by atoms with van der Waals surface area (Å²) in [7, 11) is 0. The summed E-state index contributed by atoms with van der Waals surface area (Å²) in [4.78, 5) is 11.5. The number of amidine groups is 1. The first-order valence-corrected chi connectivity index (χ1v) is 7.40. The van der Waals surface area contributed by atoms with Crippen LogP contribution in [0.1, 0.15) is 11.4 Å². The van der Waals surface area contributed by atoms with Gasteiger partial charge in [0.25, 0.3) is 0 Å².